The fraction of sp³-hybridized carbons (Fsp3) is 0.267. The SMILES string of the molecule is CC(=O)N(CCNC(=O)c1ccccc1Cl)c1cc(C)on1. The second kappa shape index (κ2) is 7.09. The highest BCUT2D eigenvalue weighted by Gasteiger charge is 2.16. The van der Waals surface area contributed by atoms with Gasteiger partial charge in [-0.15, -0.1) is 0 Å². The number of aryl methyl sites for hydroxylation is 1. The largest absolute Gasteiger partial charge is 0.360 e. The van der Waals surface area contributed by atoms with Crippen LogP contribution in [0.4, 0.5) is 5.82 Å². The summed E-state index contributed by atoms with van der Waals surface area (Å²) in [6.07, 6.45) is 0. The molecule has 0 aliphatic carbocycles. The maximum absolute atomic E-state index is 12.0. The molecule has 0 aliphatic rings. The fourth-order valence-electron chi connectivity index (χ4n) is 1.94. The summed E-state index contributed by atoms with van der Waals surface area (Å²) in [6.45, 7) is 3.74. The van der Waals surface area contributed by atoms with Gasteiger partial charge >= 0.3 is 0 Å². The summed E-state index contributed by atoms with van der Waals surface area (Å²) in [5.74, 6) is 0.573. The van der Waals surface area contributed by atoms with Gasteiger partial charge in [-0.1, -0.05) is 28.9 Å². The second-order valence-electron chi connectivity index (χ2n) is 4.70. The number of nitrogens with one attached hydrogen (secondary N) is 1. The van der Waals surface area contributed by atoms with Gasteiger partial charge in [0.2, 0.25) is 5.91 Å². The van der Waals surface area contributed by atoms with Crippen LogP contribution in [0.5, 0.6) is 0 Å². The number of anilines is 1. The molecule has 0 fully saturated rings. The first-order valence-electron chi connectivity index (χ1n) is 6.73. The van der Waals surface area contributed by atoms with E-state index in [2.05, 4.69) is 10.5 Å². The number of carbonyl (C=O) groups excluding carboxylic acids is 2. The molecule has 0 saturated carbocycles. The number of hydrogen-bond acceptors (Lipinski definition) is 4. The van der Waals surface area contributed by atoms with Crippen LogP contribution in [0.3, 0.4) is 0 Å². The van der Waals surface area contributed by atoms with Crippen LogP contribution >= 0.6 is 11.6 Å². The van der Waals surface area contributed by atoms with Crippen LogP contribution < -0.4 is 10.2 Å². The van der Waals surface area contributed by atoms with E-state index in [-0.39, 0.29) is 24.9 Å². The predicted octanol–water partition coefficient (Wildman–Crippen LogP) is 2.42. The number of carbonyl (C=O) groups is 2. The average Bonchev–Trinajstić information content (AvgIpc) is 2.89. The number of benzene rings is 1. The fourth-order valence-corrected chi connectivity index (χ4v) is 2.16. The highest BCUT2D eigenvalue weighted by molar-refractivity contribution is 6.33. The Labute approximate surface area is 133 Å². The average molecular weight is 322 g/mol. The van der Waals surface area contributed by atoms with Crippen LogP contribution in [0.2, 0.25) is 5.02 Å². The van der Waals surface area contributed by atoms with Gasteiger partial charge in [-0.25, -0.2) is 0 Å². The van der Waals surface area contributed by atoms with E-state index in [0.717, 1.165) is 0 Å². The van der Waals surface area contributed by atoms with Crippen molar-refractivity contribution in [1.82, 2.24) is 10.5 Å². The summed E-state index contributed by atoms with van der Waals surface area (Å²) in [6, 6.07) is 8.44. The number of amides is 2. The van der Waals surface area contributed by atoms with Crippen molar-refractivity contribution in [3.63, 3.8) is 0 Å². The molecule has 1 aromatic heterocycles. The van der Waals surface area contributed by atoms with Crippen LogP contribution in [0.25, 0.3) is 0 Å². The minimum atomic E-state index is -0.287. The van der Waals surface area contributed by atoms with E-state index < -0.39 is 0 Å². The lowest BCUT2D eigenvalue weighted by Gasteiger charge is -2.17. The third-order valence-electron chi connectivity index (χ3n) is 3.01. The third-order valence-corrected chi connectivity index (χ3v) is 3.34. The molecule has 0 atom stereocenters. The van der Waals surface area contributed by atoms with Gasteiger partial charge < -0.3 is 9.84 Å². The monoisotopic (exact) mass is 321 g/mol. The molecule has 2 amide bonds. The maximum atomic E-state index is 12.0. The Morgan fingerprint density at radius 3 is 2.68 bits per heavy atom. The molecular formula is C15H16ClN3O3. The summed E-state index contributed by atoms with van der Waals surface area (Å²) in [5, 5.41) is 6.91. The molecule has 2 rings (SSSR count). The van der Waals surface area contributed by atoms with Crippen molar-refractivity contribution in [2.24, 2.45) is 0 Å². The molecule has 1 heterocycles. The Bertz CT molecular complexity index is 684. The van der Waals surface area contributed by atoms with Gasteiger partial charge in [-0.2, -0.15) is 0 Å². The zero-order chi connectivity index (χ0) is 16.1. The van der Waals surface area contributed by atoms with Crippen molar-refractivity contribution in [3.05, 3.63) is 46.7 Å². The van der Waals surface area contributed by atoms with Crippen LogP contribution in [0.1, 0.15) is 23.0 Å². The van der Waals surface area contributed by atoms with Crippen LogP contribution in [-0.4, -0.2) is 30.1 Å². The molecule has 0 unspecified atom stereocenters. The molecule has 1 N–H and O–H groups in total. The predicted molar refractivity (Wildman–Crippen MR) is 83.1 cm³/mol. The van der Waals surface area contributed by atoms with Gasteiger partial charge in [-0.3, -0.25) is 14.5 Å². The Morgan fingerprint density at radius 1 is 1.36 bits per heavy atom. The number of halogens is 1. The first-order valence-corrected chi connectivity index (χ1v) is 7.11. The Kier molecular flexibility index (Phi) is 5.16. The van der Waals surface area contributed by atoms with Crippen molar-refractivity contribution in [2.45, 2.75) is 13.8 Å². The lowest BCUT2D eigenvalue weighted by Crippen LogP contribution is -2.37. The number of nitrogens with zero attached hydrogens (tertiary/aromatic N) is 2. The van der Waals surface area contributed by atoms with Gasteiger partial charge in [0.15, 0.2) is 5.82 Å². The quantitative estimate of drug-likeness (QED) is 0.917. The minimum absolute atomic E-state index is 0.180. The van der Waals surface area contributed by atoms with E-state index in [9.17, 15) is 9.59 Å². The van der Waals surface area contributed by atoms with E-state index in [1.165, 1.54) is 11.8 Å². The lowest BCUT2D eigenvalue weighted by atomic mass is 10.2. The van der Waals surface area contributed by atoms with Crippen molar-refractivity contribution in [2.75, 3.05) is 18.0 Å². The zero-order valence-electron chi connectivity index (χ0n) is 12.3. The molecule has 0 saturated heterocycles. The van der Waals surface area contributed by atoms with E-state index in [1.807, 2.05) is 0 Å². The van der Waals surface area contributed by atoms with Gasteiger partial charge in [-0.05, 0) is 19.1 Å². The van der Waals surface area contributed by atoms with Gasteiger partial charge in [0.25, 0.3) is 5.91 Å². The normalized spacial score (nSPS) is 10.3. The second-order valence-corrected chi connectivity index (χ2v) is 5.11. The van der Waals surface area contributed by atoms with E-state index >= 15 is 0 Å². The van der Waals surface area contributed by atoms with Crippen molar-refractivity contribution >= 4 is 29.2 Å². The van der Waals surface area contributed by atoms with Gasteiger partial charge in [0.1, 0.15) is 5.76 Å². The van der Waals surface area contributed by atoms with Crippen molar-refractivity contribution in [3.8, 4) is 0 Å². The summed E-state index contributed by atoms with van der Waals surface area (Å²) < 4.78 is 4.96. The molecule has 2 aromatic rings. The lowest BCUT2D eigenvalue weighted by molar-refractivity contribution is -0.116. The number of rotatable bonds is 5. The van der Waals surface area contributed by atoms with Crippen molar-refractivity contribution < 1.29 is 14.1 Å². The highest BCUT2D eigenvalue weighted by Crippen LogP contribution is 2.15. The molecular weight excluding hydrogens is 306 g/mol. The molecule has 22 heavy (non-hydrogen) atoms. The molecule has 0 spiro atoms. The summed E-state index contributed by atoms with van der Waals surface area (Å²) in [5.41, 5.74) is 0.399. The minimum Gasteiger partial charge on any atom is -0.360 e. The molecule has 7 heteroatoms. The van der Waals surface area contributed by atoms with Crippen LogP contribution in [0, 0.1) is 6.92 Å². The number of hydrogen-bond donors (Lipinski definition) is 1. The summed E-state index contributed by atoms with van der Waals surface area (Å²) >= 11 is 5.96. The molecule has 0 radical (unpaired) electrons. The van der Waals surface area contributed by atoms with Gasteiger partial charge in [0, 0.05) is 26.1 Å². The Balaban J connectivity index is 1.95. The van der Waals surface area contributed by atoms with Gasteiger partial charge in [0.05, 0.1) is 10.6 Å². The maximum Gasteiger partial charge on any atom is 0.252 e. The molecule has 0 aliphatic heterocycles. The molecule has 116 valence electrons. The topological polar surface area (TPSA) is 75.4 Å². The van der Waals surface area contributed by atoms with E-state index in [0.29, 0.717) is 22.2 Å². The van der Waals surface area contributed by atoms with E-state index in [1.54, 1.807) is 37.3 Å². The standard InChI is InChI=1S/C15H16ClN3O3/c1-10-9-14(18-22-10)19(11(2)20)8-7-17-15(21)12-5-3-4-6-13(12)16/h3-6,9H,7-8H2,1-2H3,(H,17,21). The summed E-state index contributed by atoms with van der Waals surface area (Å²) in [4.78, 5) is 25.1. The molecule has 6 nitrogen and oxygen atoms in total. The first-order chi connectivity index (χ1) is 10.5. The smallest absolute Gasteiger partial charge is 0.252 e. The summed E-state index contributed by atoms with van der Waals surface area (Å²) in [7, 11) is 0. The van der Waals surface area contributed by atoms with Crippen LogP contribution in [-0.2, 0) is 4.79 Å². The number of aromatic nitrogens is 1. The van der Waals surface area contributed by atoms with Crippen molar-refractivity contribution in [1.29, 1.82) is 0 Å². The Morgan fingerprint density at radius 2 is 2.09 bits per heavy atom. The van der Waals surface area contributed by atoms with Crippen LogP contribution in [0.15, 0.2) is 34.9 Å². The molecule has 1 aromatic carbocycles. The Hall–Kier alpha value is -2.34. The first kappa shape index (κ1) is 16.0. The third kappa shape index (κ3) is 3.85. The molecule has 0 bridgehead atoms. The zero-order valence-corrected chi connectivity index (χ0v) is 13.1. The van der Waals surface area contributed by atoms with E-state index in [4.69, 9.17) is 16.1 Å². The highest BCUT2D eigenvalue weighted by atomic mass is 35.5.